The van der Waals surface area contributed by atoms with E-state index < -0.39 is 0 Å². The Hall–Kier alpha value is -1.97. The van der Waals surface area contributed by atoms with Crippen molar-refractivity contribution in [1.29, 1.82) is 0 Å². The first-order chi connectivity index (χ1) is 9.88. The predicted molar refractivity (Wildman–Crippen MR) is 87.5 cm³/mol. The summed E-state index contributed by atoms with van der Waals surface area (Å²) >= 11 is 0. The van der Waals surface area contributed by atoms with Crippen LogP contribution in [0.4, 0.5) is 5.69 Å². The Morgan fingerprint density at radius 3 is 2.38 bits per heavy atom. The van der Waals surface area contributed by atoms with Crippen LogP contribution in [0.3, 0.4) is 0 Å². The second-order valence-corrected chi connectivity index (χ2v) is 5.96. The Labute approximate surface area is 126 Å². The van der Waals surface area contributed by atoms with Gasteiger partial charge in [0.15, 0.2) is 0 Å². The summed E-state index contributed by atoms with van der Waals surface area (Å²) in [5, 5.41) is 12.0. The molecule has 2 rings (SSSR count). The number of hydrogen-bond acceptors (Lipinski definition) is 3. The van der Waals surface area contributed by atoms with Crippen LogP contribution in [0, 0.1) is 15.5 Å². The monoisotopic (exact) mass is 288 g/mol. The molecule has 0 bridgehead atoms. The summed E-state index contributed by atoms with van der Waals surface area (Å²) in [6.45, 7) is 10.4. The molecule has 0 aliphatic heterocycles. The van der Waals surface area contributed by atoms with E-state index in [0.29, 0.717) is 6.42 Å². The van der Waals surface area contributed by atoms with Crippen LogP contribution >= 0.6 is 0 Å². The molecule has 0 N–H and O–H groups in total. The van der Waals surface area contributed by atoms with Crippen LogP contribution in [0.5, 0.6) is 0 Å². The number of nitrogens with zero attached hydrogens (tertiary/aromatic N) is 2. The van der Waals surface area contributed by atoms with Gasteiger partial charge < -0.3 is 0 Å². The first-order valence-electron chi connectivity index (χ1n) is 7.39. The van der Waals surface area contributed by atoms with E-state index in [1.807, 2.05) is 38.1 Å². The van der Waals surface area contributed by atoms with Crippen molar-refractivity contribution in [3.8, 4) is 0 Å². The van der Waals surface area contributed by atoms with E-state index in [2.05, 4.69) is 25.8 Å². The van der Waals surface area contributed by atoms with Crippen molar-refractivity contribution in [1.82, 2.24) is 4.98 Å². The smallest absolute Gasteiger partial charge is 0.258 e. The van der Waals surface area contributed by atoms with Gasteiger partial charge in [0, 0.05) is 10.9 Å². The molecule has 0 radical (unpaired) electrons. The number of fused-ring (bicyclic) bond motifs is 1. The molecule has 0 atom stereocenters. The Morgan fingerprint density at radius 2 is 1.81 bits per heavy atom. The lowest BCUT2D eigenvalue weighted by Crippen LogP contribution is -2.08. The zero-order chi connectivity index (χ0) is 16.0. The van der Waals surface area contributed by atoms with Crippen molar-refractivity contribution >= 4 is 16.6 Å². The lowest BCUT2D eigenvalue weighted by Gasteiger charge is -2.18. The van der Waals surface area contributed by atoms with Crippen molar-refractivity contribution in [2.75, 3.05) is 0 Å². The van der Waals surface area contributed by atoms with Crippen LogP contribution in [0.1, 0.15) is 46.6 Å². The third-order valence-corrected chi connectivity index (χ3v) is 3.19. The van der Waals surface area contributed by atoms with Gasteiger partial charge in [0.1, 0.15) is 6.20 Å². The number of benzene rings is 1. The van der Waals surface area contributed by atoms with E-state index in [-0.39, 0.29) is 16.0 Å². The topological polar surface area (TPSA) is 56.0 Å². The van der Waals surface area contributed by atoms with Gasteiger partial charge in [0.25, 0.3) is 5.69 Å². The molecule has 0 unspecified atom stereocenters. The van der Waals surface area contributed by atoms with Gasteiger partial charge in [-0.15, -0.1) is 0 Å². The highest BCUT2D eigenvalue weighted by atomic mass is 16.6. The van der Waals surface area contributed by atoms with Crippen LogP contribution in [-0.2, 0) is 6.42 Å². The average Bonchev–Trinajstić information content (AvgIpc) is 2.45. The zero-order valence-corrected chi connectivity index (χ0v) is 13.5. The number of pyridine rings is 1. The average molecular weight is 288 g/mol. The van der Waals surface area contributed by atoms with Gasteiger partial charge in [-0.3, -0.25) is 10.1 Å². The fourth-order valence-corrected chi connectivity index (χ4v) is 2.11. The Bertz CT molecular complexity index is 616. The van der Waals surface area contributed by atoms with Gasteiger partial charge in [0.05, 0.1) is 10.4 Å². The zero-order valence-electron chi connectivity index (χ0n) is 13.5. The van der Waals surface area contributed by atoms with Gasteiger partial charge in [-0.1, -0.05) is 52.8 Å². The van der Waals surface area contributed by atoms with Gasteiger partial charge in [-0.05, 0) is 24.3 Å². The van der Waals surface area contributed by atoms with Crippen LogP contribution in [0.15, 0.2) is 30.5 Å². The second kappa shape index (κ2) is 7.16. The van der Waals surface area contributed by atoms with Crippen molar-refractivity contribution < 1.29 is 4.92 Å². The fraction of sp³-hybridized carbons (Fsp3) is 0.471. The quantitative estimate of drug-likeness (QED) is 0.580. The van der Waals surface area contributed by atoms with Crippen molar-refractivity contribution in [2.24, 2.45) is 5.41 Å². The molecule has 0 fully saturated rings. The summed E-state index contributed by atoms with van der Waals surface area (Å²) in [7, 11) is 0. The SMILES string of the molecule is CC.CC(C)(C)CCc1c([N+](=O)[O-])cnc2ccccc12. The van der Waals surface area contributed by atoms with Gasteiger partial charge in [-0.25, -0.2) is 4.98 Å². The van der Waals surface area contributed by atoms with Crippen molar-refractivity contribution in [3.63, 3.8) is 0 Å². The molecule has 0 saturated heterocycles. The standard InChI is InChI=1S/C15H18N2O2.C2H6/c1-15(2,3)9-8-12-11-6-4-5-7-13(11)16-10-14(12)17(18)19;1-2/h4-7,10H,8-9H2,1-3H3;1-2H3. The predicted octanol–water partition coefficient (Wildman–Crippen LogP) is 5.15. The van der Waals surface area contributed by atoms with Gasteiger partial charge in [-0.2, -0.15) is 0 Å². The van der Waals surface area contributed by atoms with Gasteiger partial charge >= 0.3 is 0 Å². The first-order valence-corrected chi connectivity index (χ1v) is 7.39. The van der Waals surface area contributed by atoms with E-state index in [0.717, 1.165) is 22.9 Å². The number of hydrogen-bond donors (Lipinski definition) is 0. The number of nitro groups is 1. The van der Waals surface area contributed by atoms with Crippen LogP contribution in [0.25, 0.3) is 10.9 Å². The van der Waals surface area contributed by atoms with Gasteiger partial charge in [0.2, 0.25) is 0 Å². The molecule has 0 aliphatic rings. The molecule has 1 aromatic heterocycles. The second-order valence-electron chi connectivity index (χ2n) is 5.96. The maximum Gasteiger partial charge on any atom is 0.291 e. The summed E-state index contributed by atoms with van der Waals surface area (Å²) in [4.78, 5) is 15.0. The molecule has 2 aromatic rings. The molecule has 0 amide bonds. The number of rotatable bonds is 3. The Balaban J connectivity index is 0.00000106. The highest BCUT2D eigenvalue weighted by Crippen LogP contribution is 2.30. The maximum absolute atomic E-state index is 11.2. The molecule has 0 saturated carbocycles. The van der Waals surface area contributed by atoms with E-state index in [1.54, 1.807) is 0 Å². The minimum atomic E-state index is -0.336. The Kier molecular flexibility index (Phi) is 5.82. The lowest BCUT2D eigenvalue weighted by molar-refractivity contribution is -0.385. The van der Waals surface area contributed by atoms with E-state index in [4.69, 9.17) is 0 Å². The molecule has 1 heterocycles. The van der Waals surface area contributed by atoms with Crippen molar-refractivity contribution in [2.45, 2.75) is 47.5 Å². The molecule has 0 spiro atoms. The fourth-order valence-electron chi connectivity index (χ4n) is 2.11. The summed E-state index contributed by atoms with van der Waals surface area (Å²) in [5.74, 6) is 0. The van der Waals surface area contributed by atoms with E-state index in [9.17, 15) is 10.1 Å². The third-order valence-electron chi connectivity index (χ3n) is 3.19. The van der Waals surface area contributed by atoms with Crippen LogP contribution in [0.2, 0.25) is 0 Å². The lowest BCUT2D eigenvalue weighted by atomic mass is 9.87. The molecule has 0 aliphatic carbocycles. The highest BCUT2D eigenvalue weighted by molar-refractivity contribution is 5.85. The molecule has 1 aromatic carbocycles. The minimum Gasteiger partial charge on any atom is -0.258 e. The number of aromatic nitrogens is 1. The normalized spacial score (nSPS) is 10.9. The van der Waals surface area contributed by atoms with Crippen LogP contribution < -0.4 is 0 Å². The summed E-state index contributed by atoms with van der Waals surface area (Å²) in [5.41, 5.74) is 1.89. The summed E-state index contributed by atoms with van der Waals surface area (Å²) in [6.07, 6.45) is 2.98. The molecular weight excluding hydrogens is 264 g/mol. The summed E-state index contributed by atoms with van der Waals surface area (Å²) < 4.78 is 0. The summed E-state index contributed by atoms with van der Waals surface area (Å²) in [6, 6.07) is 7.59. The van der Waals surface area contributed by atoms with E-state index >= 15 is 0 Å². The molecular formula is C17H24N2O2. The maximum atomic E-state index is 11.2. The minimum absolute atomic E-state index is 0.128. The van der Waals surface area contributed by atoms with Crippen LogP contribution in [-0.4, -0.2) is 9.91 Å². The van der Waals surface area contributed by atoms with Crippen molar-refractivity contribution in [3.05, 3.63) is 46.1 Å². The molecule has 114 valence electrons. The first kappa shape index (κ1) is 17.1. The number of aryl methyl sites for hydroxylation is 1. The molecule has 4 nitrogen and oxygen atoms in total. The molecule has 21 heavy (non-hydrogen) atoms. The largest absolute Gasteiger partial charge is 0.291 e. The Morgan fingerprint density at radius 1 is 1.19 bits per heavy atom. The van der Waals surface area contributed by atoms with E-state index in [1.165, 1.54) is 6.20 Å². The number of para-hydroxylation sites is 1. The third kappa shape index (κ3) is 4.52. The molecule has 4 heteroatoms. The highest BCUT2D eigenvalue weighted by Gasteiger charge is 2.20.